The second-order valence-electron chi connectivity index (χ2n) is 6.73. The maximum Gasteiger partial charge on any atom is 0.224 e. The molecule has 2 aliphatic heterocycles. The molecule has 2 heterocycles. The fourth-order valence-electron chi connectivity index (χ4n) is 3.68. The number of rotatable bonds is 4. The Morgan fingerprint density at radius 1 is 1.32 bits per heavy atom. The lowest BCUT2D eigenvalue weighted by Gasteiger charge is -2.27. The van der Waals surface area contributed by atoms with Crippen LogP contribution in [0.5, 0.6) is 0 Å². The van der Waals surface area contributed by atoms with Gasteiger partial charge >= 0.3 is 0 Å². The lowest BCUT2D eigenvalue weighted by molar-refractivity contribution is -0.132. The molecule has 0 bridgehead atoms. The molecule has 1 aromatic rings. The molecule has 120 valence electrons. The van der Waals surface area contributed by atoms with E-state index in [2.05, 4.69) is 53.5 Å². The molecule has 1 amide bonds. The topological polar surface area (TPSA) is 35.6 Å². The molecule has 22 heavy (non-hydrogen) atoms. The van der Waals surface area contributed by atoms with Crippen LogP contribution in [0.1, 0.15) is 43.7 Å². The fraction of sp³-hybridized carbons (Fsp3) is 0.611. The van der Waals surface area contributed by atoms with E-state index in [1.807, 2.05) is 0 Å². The van der Waals surface area contributed by atoms with Gasteiger partial charge < -0.3 is 15.1 Å². The van der Waals surface area contributed by atoms with Crippen LogP contribution in [-0.2, 0) is 4.79 Å². The molecule has 2 saturated heterocycles. The van der Waals surface area contributed by atoms with Gasteiger partial charge in [-0.2, -0.15) is 0 Å². The SMILES string of the molecule is CN(C)c1cccc(C2CCCN2C(=O)CC2CCCN2)c1. The van der Waals surface area contributed by atoms with Crippen LogP contribution >= 0.6 is 0 Å². The number of amides is 1. The predicted molar refractivity (Wildman–Crippen MR) is 90.1 cm³/mol. The Kier molecular flexibility index (Phi) is 4.67. The summed E-state index contributed by atoms with van der Waals surface area (Å²) in [7, 11) is 4.12. The van der Waals surface area contributed by atoms with Crippen LogP contribution < -0.4 is 10.2 Å². The van der Waals surface area contributed by atoms with Crippen molar-refractivity contribution in [1.29, 1.82) is 0 Å². The minimum Gasteiger partial charge on any atom is -0.378 e. The molecule has 2 atom stereocenters. The van der Waals surface area contributed by atoms with Crippen LogP contribution in [0, 0.1) is 0 Å². The second-order valence-corrected chi connectivity index (χ2v) is 6.73. The van der Waals surface area contributed by atoms with Crippen molar-refractivity contribution >= 4 is 11.6 Å². The summed E-state index contributed by atoms with van der Waals surface area (Å²) >= 11 is 0. The van der Waals surface area contributed by atoms with E-state index >= 15 is 0 Å². The van der Waals surface area contributed by atoms with Crippen molar-refractivity contribution in [2.24, 2.45) is 0 Å². The largest absolute Gasteiger partial charge is 0.378 e. The van der Waals surface area contributed by atoms with Gasteiger partial charge in [0.2, 0.25) is 5.91 Å². The fourth-order valence-corrected chi connectivity index (χ4v) is 3.68. The van der Waals surface area contributed by atoms with Gasteiger partial charge in [0.05, 0.1) is 6.04 Å². The van der Waals surface area contributed by atoms with Gasteiger partial charge in [-0.1, -0.05) is 12.1 Å². The van der Waals surface area contributed by atoms with Crippen LogP contribution in [-0.4, -0.2) is 44.0 Å². The molecule has 2 fully saturated rings. The number of carbonyl (C=O) groups excluding carboxylic acids is 1. The highest BCUT2D eigenvalue weighted by molar-refractivity contribution is 5.77. The van der Waals surface area contributed by atoms with Crippen molar-refractivity contribution in [3.63, 3.8) is 0 Å². The third-order valence-electron chi connectivity index (χ3n) is 4.93. The van der Waals surface area contributed by atoms with Crippen LogP contribution in [0.25, 0.3) is 0 Å². The lowest BCUT2D eigenvalue weighted by atomic mass is 10.0. The Balaban J connectivity index is 1.72. The zero-order chi connectivity index (χ0) is 15.5. The van der Waals surface area contributed by atoms with Crippen LogP contribution in [0.15, 0.2) is 24.3 Å². The third-order valence-corrected chi connectivity index (χ3v) is 4.93. The zero-order valence-electron chi connectivity index (χ0n) is 13.7. The summed E-state index contributed by atoms with van der Waals surface area (Å²) in [4.78, 5) is 16.9. The average Bonchev–Trinajstić information content (AvgIpc) is 3.18. The number of hydrogen-bond acceptors (Lipinski definition) is 3. The number of nitrogens with one attached hydrogen (secondary N) is 1. The summed E-state index contributed by atoms with van der Waals surface area (Å²) in [5.41, 5.74) is 2.48. The minimum atomic E-state index is 0.258. The molecular formula is C18H27N3O. The summed E-state index contributed by atoms with van der Waals surface area (Å²) in [6.07, 6.45) is 5.19. The Labute approximate surface area is 133 Å². The van der Waals surface area contributed by atoms with Crippen molar-refractivity contribution in [1.82, 2.24) is 10.2 Å². The van der Waals surface area contributed by atoms with Crippen molar-refractivity contribution in [3.05, 3.63) is 29.8 Å². The highest BCUT2D eigenvalue weighted by atomic mass is 16.2. The molecule has 0 spiro atoms. The van der Waals surface area contributed by atoms with E-state index in [1.54, 1.807) is 0 Å². The van der Waals surface area contributed by atoms with Crippen LogP contribution in [0.4, 0.5) is 5.69 Å². The van der Waals surface area contributed by atoms with E-state index in [0.717, 1.165) is 32.4 Å². The molecule has 0 aliphatic carbocycles. The van der Waals surface area contributed by atoms with Crippen molar-refractivity contribution in [3.8, 4) is 0 Å². The lowest BCUT2D eigenvalue weighted by Crippen LogP contribution is -2.35. The van der Waals surface area contributed by atoms with Gasteiger partial charge in [0, 0.05) is 38.8 Å². The highest BCUT2D eigenvalue weighted by Gasteiger charge is 2.31. The Morgan fingerprint density at radius 2 is 2.18 bits per heavy atom. The van der Waals surface area contributed by atoms with E-state index in [-0.39, 0.29) is 6.04 Å². The van der Waals surface area contributed by atoms with Crippen molar-refractivity contribution < 1.29 is 4.79 Å². The first kappa shape index (κ1) is 15.3. The first-order chi connectivity index (χ1) is 10.6. The Hall–Kier alpha value is -1.55. The summed E-state index contributed by atoms with van der Waals surface area (Å²) < 4.78 is 0. The first-order valence-electron chi connectivity index (χ1n) is 8.45. The third kappa shape index (κ3) is 3.27. The standard InChI is InChI=1S/C18H27N3O/c1-20(2)16-8-3-6-14(12-16)17-9-5-11-21(17)18(22)13-15-7-4-10-19-15/h3,6,8,12,15,17,19H,4-5,7,9-11,13H2,1-2H3. The van der Waals surface area contributed by atoms with Crippen LogP contribution in [0.2, 0.25) is 0 Å². The molecule has 0 radical (unpaired) electrons. The predicted octanol–water partition coefficient (Wildman–Crippen LogP) is 2.56. The van der Waals surface area contributed by atoms with Gasteiger partial charge in [0.15, 0.2) is 0 Å². The summed E-state index contributed by atoms with van der Waals surface area (Å²) in [6, 6.07) is 9.26. The second kappa shape index (κ2) is 6.69. The zero-order valence-corrected chi connectivity index (χ0v) is 13.7. The maximum absolute atomic E-state index is 12.7. The molecule has 2 unspecified atom stereocenters. The van der Waals surface area contributed by atoms with Gasteiger partial charge in [-0.3, -0.25) is 4.79 Å². The molecule has 0 saturated carbocycles. The van der Waals surface area contributed by atoms with Gasteiger partial charge in [-0.25, -0.2) is 0 Å². The molecule has 4 heteroatoms. The maximum atomic E-state index is 12.7. The van der Waals surface area contributed by atoms with Gasteiger partial charge in [0.25, 0.3) is 0 Å². The van der Waals surface area contributed by atoms with E-state index in [0.29, 0.717) is 18.4 Å². The molecular weight excluding hydrogens is 274 g/mol. The number of anilines is 1. The van der Waals surface area contributed by atoms with E-state index < -0.39 is 0 Å². The van der Waals surface area contributed by atoms with E-state index in [1.165, 1.54) is 17.7 Å². The molecule has 4 nitrogen and oxygen atoms in total. The van der Waals surface area contributed by atoms with Gasteiger partial charge in [-0.15, -0.1) is 0 Å². The normalized spacial score (nSPS) is 24.7. The molecule has 1 aromatic carbocycles. The Morgan fingerprint density at radius 3 is 2.91 bits per heavy atom. The summed E-state index contributed by atoms with van der Waals surface area (Å²) in [5.74, 6) is 0.317. The summed E-state index contributed by atoms with van der Waals surface area (Å²) in [5, 5.41) is 3.44. The number of hydrogen-bond donors (Lipinski definition) is 1. The minimum absolute atomic E-state index is 0.258. The number of carbonyl (C=O) groups is 1. The van der Waals surface area contributed by atoms with E-state index in [9.17, 15) is 4.79 Å². The smallest absolute Gasteiger partial charge is 0.224 e. The first-order valence-corrected chi connectivity index (χ1v) is 8.45. The van der Waals surface area contributed by atoms with Gasteiger partial charge in [0.1, 0.15) is 0 Å². The quantitative estimate of drug-likeness (QED) is 0.928. The highest BCUT2D eigenvalue weighted by Crippen LogP contribution is 2.34. The molecule has 1 N–H and O–H groups in total. The Bertz CT molecular complexity index is 523. The molecule has 3 rings (SSSR count). The number of benzene rings is 1. The van der Waals surface area contributed by atoms with Crippen LogP contribution in [0.3, 0.4) is 0 Å². The molecule has 2 aliphatic rings. The van der Waals surface area contributed by atoms with Gasteiger partial charge in [-0.05, 0) is 49.9 Å². The monoisotopic (exact) mass is 301 g/mol. The van der Waals surface area contributed by atoms with Crippen molar-refractivity contribution in [2.75, 3.05) is 32.1 Å². The number of nitrogens with zero attached hydrogens (tertiary/aromatic N) is 2. The summed E-state index contributed by atoms with van der Waals surface area (Å²) in [6.45, 7) is 1.97. The van der Waals surface area contributed by atoms with Crippen molar-refractivity contribution in [2.45, 2.75) is 44.2 Å². The average molecular weight is 301 g/mol. The number of likely N-dealkylation sites (tertiary alicyclic amines) is 1. The van der Waals surface area contributed by atoms with E-state index in [4.69, 9.17) is 0 Å². The molecule has 0 aromatic heterocycles.